The van der Waals surface area contributed by atoms with E-state index in [2.05, 4.69) is 4.99 Å². The van der Waals surface area contributed by atoms with Crippen molar-refractivity contribution in [2.45, 2.75) is 6.92 Å². The van der Waals surface area contributed by atoms with Crippen LogP contribution in [0, 0.1) is 6.92 Å². The summed E-state index contributed by atoms with van der Waals surface area (Å²) in [4.78, 5) is 15.0. The van der Waals surface area contributed by atoms with Gasteiger partial charge in [-0.1, -0.05) is 6.07 Å². The molecule has 1 heterocycles. The second kappa shape index (κ2) is 2.02. The van der Waals surface area contributed by atoms with Gasteiger partial charge in [0.1, 0.15) is 0 Å². The highest BCUT2D eigenvalue weighted by molar-refractivity contribution is 6.39. The summed E-state index contributed by atoms with van der Waals surface area (Å²) < 4.78 is 0. The molecular formula is C9H7NO. The van der Waals surface area contributed by atoms with Crippen molar-refractivity contribution < 1.29 is 4.79 Å². The fourth-order valence-corrected chi connectivity index (χ4v) is 1.15. The zero-order valence-electron chi connectivity index (χ0n) is 6.16. The molecule has 54 valence electrons. The van der Waals surface area contributed by atoms with Crippen molar-refractivity contribution >= 4 is 17.7 Å². The van der Waals surface area contributed by atoms with Crippen molar-refractivity contribution in [3.8, 4) is 0 Å². The summed E-state index contributed by atoms with van der Waals surface area (Å²) in [7, 11) is 0. The highest BCUT2D eigenvalue weighted by Crippen LogP contribution is 2.24. The molecule has 2 heteroatoms. The molecule has 2 nitrogen and oxygen atoms in total. The van der Waals surface area contributed by atoms with Crippen LogP contribution >= 0.6 is 0 Å². The van der Waals surface area contributed by atoms with Gasteiger partial charge in [0, 0.05) is 5.56 Å². The zero-order chi connectivity index (χ0) is 7.84. The molecule has 1 aromatic carbocycles. The van der Waals surface area contributed by atoms with Gasteiger partial charge in [0.25, 0.3) is 0 Å². The predicted octanol–water partition coefficient (Wildman–Crippen LogP) is 1.89. The van der Waals surface area contributed by atoms with Crippen LogP contribution in [0.5, 0.6) is 0 Å². The Kier molecular flexibility index (Phi) is 1.15. The topological polar surface area (TPSA) is 29.4 Å². The Balaban J connectivity index is 2.66. The lowest BCUT2D eigenvalue weighted by molar-refractivity contribution is 0.107. The van der Waals surface area contributed by atoms with Crippen LogP contribution in [0.15, 0.2) is 23.2 Å². The molecule has 0 saturated carbocycles. The lowest BCUT2D eigenvalue weighted by Crippen LogP contribution is -1.92. The predicted molar refractivity (Wildman–Crippen MR) is 43.7 cm³/mol. The average Bonchev–Trinajstić information content (AvgIpc) is 2.32. The van der Waals surface area contributed by atoms with Crippen LogP contribution < -0.4 is 0 Å². The maximum absolute atomic E-state index is 11.0. The van der Waals surface area contributed by atoms with Crippen LogP contribution in [-0.2, 0) is 0 Å². The van der Waals surface area contributed by atoms with Crippen LogP contribution in [0.1, 0.15) is 15.9 Å². The first kappa shape index (κ1) is 6.28. The van der Waals surface area contributed by atoms with E-state index in [0.717, 1.165) is 16.8 Å². The molecule has 1 aromatic rings. The van der Waals surface area contributed by atoms with Crippen LogP contribution in [0.2, 0.25) is 0 Å². The molecule has 0 N–H and O–H groups in total. The summed E-state index contributed by atoms with van der Waals surface area (Å²) in [6.45, 7) is 1.98. The van der Waals surface area contributed by atoms with Gasteiger partial charge < -0.3 is 0 Å². The van der Waals surface area contributed by atoms with Gasteiger partial charge in [0.05, 0.1) is 11.9 Å². The molecule has 0 unspecified atom stereocenters. The van der Waals surface area contributed by atoms with Crippen LogP contribution in [0.3, 0.4) is 0 Å². The molecule has 0 atom stereocenters. The Morgan fingerprint density at radius 3 is 3.00 bits per heavy atom. The maximum atomic E-state index is 11.0. The van der Waals surface area contributed by atoms with Crippen LogP contribution in [0.4, 0.5) is 5.69 Å². The molecular weight excluding hydrogens is 138 g/mol. The van der Waals surface area contributed by atoms with Crippen molar-refractivity contribution in [1.29, 1.82) is 0 Å². The Hall–Kier alpha value is -1.44. The maximum Gasteiger partial charge on any atom is 0.206 e. The summed E-state index contributed by atoms with van der Waals surface area (Å²) in [5.41, 5.74) is 2.65. The molecule has 0 amide bonds. The SMILES string of the molecule is Cc1ccc2c(c1)N=CC2=O. The average molecular weight is 145 g/mol. The van der Waals surface area contributed by atoms with E-state index < -0.39 is 0 Å². The van der Waals surface area contributed by atoms with Crippen molar-refractivity contribution in [3.05, 3.63) is 29.3 Å². The smallest absolute Gasteiger partial charge is 0.206 e. The van der Waals surface area contributed by atoms with E-state index in [1.54, 1.807) is 0 Å². The number of carbonyl (C=O) groups is 1. The van der Waals surface area contributed by atoms with Gasteiger partial charge in [-0.25, -0.2) is 0 Å². The third-order valence-corrected chi connectivity index (χ3v) is 1.74. The van der Waals surface area contributed by atoms with Gasteiger partial charge in [-0.05, 0) is 24.6 Å². The van der Waals surface area contributed by atoms with E-state index in [9.17, 15) is 4.79 Å². The molecule has 1 aliphatic rings. The number of ketones is 1. The molecule has 0 radical (unpaired) electrons. The number of rotatable bonds is 0. The Bertz CT molecular complexity index is 353. The molecule has 0 bridgehead atoms. The minimum atomic E-state index is 0.0139. The van der Waals surface area contributed by atoms with Crippen LogP contribution in [0.25, 0.3) is 0 Å². The van der Waals surface area contributed by atoms with E-state index in [0.29, 0.717) is 0 Å². The van der Waals surface area contributed by atoms with Gasteiger partial charge in [-0.3, -0.25) is 9.79 Å². The molecule has 0 aliphatic carbocycles. The molecule has 11 heavy (non-hydrogen) atoms. The summed E-state index contributed by atoms with van der Waals surface area (Å²) in [5, 5.41) is 0. The third kappa shape index (κ3) is 0.871. The Morgan fingerprint density at radius 2 is 2.18 bits per heavy atom. The van der Waals surface area contributed by atoms with Gasteiger partial charge >= 0.3 is 0 Å². The third-order valence-electron chi connectivity index (χ3n) is 1.74. The summed E-state index contributed by atoms with van der Waals surface area (Å²) in [6, 6.07) is 5.65. The zero-order valence-corrected chi connectivity index (χ0v) is 6.16. The lowest BCUT2D eigenvalue weighted by atomic mass is 10.1. The molecule has 0 saturated heterocycles. The van der Waals surface area contributed by atoms with E-state index in [1.807, 2.05) is 25.1 Å². The van der Waals surface area contributed by atoms with Gasteiger partial charge in [0.2, 0.25) is 5.78 Å². The number of aryl methyl sites for hydroxylation is 1. The fourth-order valence-electron chi connectivity index (χ4n) is 1.15. The van der Waals surface area contributed by atoms with Crippen molar-refractivity contribution in [1.82, 2.24) is 0 Å². The first-order valence-electron chi connectivity index (χ1n) is 3.46. The highest BCUT2D eigenvalue weighted by Gasteiger charge is 2.13. The molecule has 1 aliphatic heterocycles. The van der Waals surface area contributed by atoms with E-state index in [1.165, 1.54) is 6.21 Å². The monoisotopic (exact) mass is 145 g/mol. The van der Waals surface area contributed by atoms with Gasteiger partial charge in [0.15, 0.2) is 0 Å². The van der Waals surface area contributed by atoms with Crippen molar-refractivity contribution in [3.63, 3.8) is 0 Å². The number of nitrogens with zero attached hydrogens (tertiary/aromatic N) is 1. The highest BCUT2D eigenvalue weighted by atomic mass is 16.1. The molecule has 0 aromatic heterocycles. The van der Waals surface area contributed by atoms with Gasteiger partial charge in [-0.2, -0.15) is 0 Å². The quantitative estimate of drug-likeness (QED) is 0.548. The molecule has 0 spiro atoms. The largest absolute Gasteiger partial charge is 0.287 e. The standard InChI is InChI=1S/C9H7NO/c1-6-2-3-7-8(4-6)10-5-9(7)11/h2-5H,1H3. The number of Topliss-reactive ketones (excluding diaryl/α,β-unsaturated/α-hetero) is 1. The normalized spacial score (nSPS) is 13.7. The van der Waals surface area contributed by atoms with Crippen molar-refractivity contribution in [2.24, 2.45) is 4.99 Å². The Morgan fingerprint density at radius 1 is 1.36 bits per heavy atom. The summed E-state index contributed by atoms with van der Waals surface area (Å²) in [5.74, 6) is 0.0139. The number of hydrogen-bond donors (Lipinski definition) is 0. The van der Waals surface area contributed by atoms with Crippen molar-refractivity contribution in [2.75, 3.05) is 0 Å². The lowest BCUT2D eigenvalue weighted by Gasteiger charge is -1.95. The number of carbonyl (C=O) groups excluding carboxylic acids is 1. The van der Waals surface area contributed by atoms with Gasteiger partial charge in [-0.15, -0.1) is 0 Å². The van der Waals surface area contributed by atoms with E-state index in [4.69, 9.17) is 0 Å². The first-order chi connectivity index (χ1) is 5.27. The summed E-state index contributed by atoms with van der Waals surface area (Å²) in [6.07, 6.45) is 1.37. The van der Waals surface area contributed by atoms with E-state index in [-0.39, 0.29) is 5.78 Å². The minimum absolute atomic E-state index is 0.0139. The number of hydrogen-bond acceptors (Lipinski definition) is 2. The first-order valence-corrected chi connectivity index (χ1v) is 3.46. The number of fused-ring (bicyclic) bond motifs is 1. The van der Waals surface area contributed by atoms with Crippen LogP contribution in [-0.4, -0.2) is 12.0 Å². The summed E-state index contributed by atoms with van der Waals surface area (Å²) >= 11 is 0. The second-order valence-electron chi connectivity index (χ2n) is 2.64. The molecule has 2 rings (SSSR count). The second-order valence-corrected chi connectivity index (χ2v) is 2.64. The Labute approximate surface area is 64.6 Å². The minimum Gasteiger partial charge on any atom is -0.287 e. The number of aliphatic imine (C=N–C) groups is 1. The number of benzene rings is 1. The fraction of sp³-hybridized carbons (Fsp3) is 0.111. The van der Waals surface area contributed by atoms with E-state index >= 15 is 0 Å². The molecule has 0 fully saturated rings.